The molecule has 2 heterocycles. The first-order chi connectivity index (χ1) is 10.8. The number of aryl methyl sites for hydroxylation is 2. The SMILES string of the molecule is CN=C(NCc1ccn(C)c1)NCc1cn(C)nc1C(F)(F)F.I. The molecular weight excluding hydrogens is 436 g/mol. The van der Waals surface area contributed by atoms with Gasteiger partial charge in [-0.2, -0.15) is 18.3 Å². The highest BCUT2D eigenvalue weighted by Crippen LogP contribution is 2.30. The summed E-state index contributed by atoms with van der Waals surface area (Å²) in [6, 6.07) is 1.95. The van der Waals surface area contributed by atoms with Crippen LogP contribution in [0.3, 0.4) is 0 Å². The topological polar surface area (TPSA) is 59.2 Å². The second-order valence-electron chi connectivity index (χ2n) is 5.14. The summed E-state index contributed by atoms with van der Waals surface area (Å²) in [6.45, 7) is 0.511. The fourth-order valence-corrected chi connectivity index (χ4v) is 2.16. The summed E-state index contributed by atoms with van der Waals surface area (Å²) in [5.74, 6) is 0.422. The fourth-order valence-electron chi connectivity index (χ4n) is 2.16. The van der Waals surface area contributed by atoms with Crippen molar-refractivity contribution in [3.05, 3.63) is 41.5 Å². The summed E-state index contributed by atoms with van der Waals surface area (Å²) in [5, 5.41) is 9.39. The van der Waals surface area contributed by atoms with Crippen LogP contribution in [0.1, 0.15) is 16.8 Å². The molecule has 0 radical (unpaired) electrons. The zero-order chi connectivity index (χ0) is 17.0. The molecule has 10 heteroatoms. The Labute approximate surface area is 155 Å². The maximum absolute atomic E-state index is 12.9. The predicted octanol–water partition coefficient (Wildman–Crippen LogP) is 2.26. The largest absolute Gasteiger partial charge is 0.435 e. The number of guanidine groups is 1. The maximum atomic E-state index is 12.9. The van der Waals surface area contributed by atoms with E-state index in [1.165, 1.54) is 13.2 Å². The highest BCUT2D eigenvalue weighted by atomic mass is 127. The van der Waals surface area contributed by atoms with Crippen LogP contribution >= 0.6 is 24.0 Å². The lowest BCUT2D eigenvalue weighted by atomic mass is 10.2. The average molecular weight is 456 g/mol. The van der Waals surface area contributed by atoms with Gasteiger partial charge < -0.3 is 15.2 Å². The minimum Gasteiger partial charge on any atom is -0.357 e. The van der Waals surface area contributed by atoms with Gasteiger partial charge in [-0.25, -0.2) is 0 Å². The number of nitrogens with one attached hydrogen (secondary N) is 2. The Hall–Kier alpha value is -1.72. The van der Waals surface area contributed by atoms with Crippen LogP contribution in [0.25, 0.3) is 0 Å². The van der Waals surface area contributed by atoms with Gasteiger partial charge in [0.05, 0.1) is 0 Å². The molecule has 0 aliphatic carbocycles. The number of halogens is 4. The van der Waals surface area contributed by atoms with E-state index < -0.39 is 11.9 Å². The molecule has 6 nitrogen and oxygen atoms in total. The molecule has 0 aromatic carbocycles. The molecule has 0 unspecified atom stereocenters. The zero-order valence-electron chi connectivity index (χ0n) is 13.6. The standard InChI is InChI=1S/C14H19F3N6.HI/c1-18-13(19-6-10-4-5-22(2)8-10)20-7-11-9-23(3)21-12(11)14(15,16)17;/h4-5,8-9H,6-7H2,1-3H3,(H2,18,19,20);1H. The van der Waals surface area contributed by atoms with Gasteiger partial charge in [0.25, 0.3) is 0 Å². The summed E-state index contributed by atoms with van der Waals surface area (Å²) in [4.78, 5) is 4.00. The molecule has 24 heavy (non-hydrogen) atoms. The third-order valence-electron chi connectivity index (χ3n) is 3.20. The molecule has 0 atom stereocenters. The van der Waals surface area contributed by atoms with E-state index in [2.05, 4.69) is 20.7 Å². The third-order valence-corrected chi connectivity index (χ3v) is 3.20. The Kier molecular flexibility index (Phi) is 7.11. The summed E-state index contributed by atoms with van der Waals surface area (Å²) in [5.41, 5.74) is 0.237. The Morgan fingerprint density at radius 3 is 2.42 bits per heavy atom. The molecule has 2 rings (SSSR count). The first-order valence-electron chi connectivity index (χ1n) is 6.94. The van der Waals surface area contributed by atoms with Crippen molar-refractivity contribution in [2.45, 2.75) is 19.3 Å². The van der Waals surface area contributed by atoms with Crippen molar-refractivity contribution >= 4 is 29.9 Å². The normalized spacial score (nSPS) is 12.0. The number of hydrogen-bond donors (Lipinski definition) is 2. The van der Waals surface area contributed by atoms with E-state index in [9.17, 15) is 13.2 Å². The number of hydrogen-bond acceptors (Lipinski definition) is 2. The maximum Gasteiger partial charge on any atom is 0.435 e. The van der Waals surface area contributed by atoms with Crippen LogP contribution in [0, 0.1) is 0 Å². The number of aromatic nitrogens is 3. The van der Waals surface area contributed by atoms with Crippen LogP contribution in [0.4, 0.5) is 13.2 Å². The molecule has 134 valence electrons. The van der Waals surface area contributed by atoms with Gasteiger partial charge in [-0.1, -0.05) is 0 Å². The summed E-state index contributed by atoms with van der Waals surface area (Å²) in [7, 11) is 4.94. The second-order valence-corrected chi connectivity index (χ2v) is 5.14. The molecule has 0 spiro atoms. The van der Waals surface area contributed by atoms with E-state index >= 15 is 0 Å². The number of rotatable bonds is 4. The van der Waals surface area contributed by atoms with Crippen molar-refractivity contribution in [3.8, 4) is 0 Å². The highest BCUT2D eigenvalue weighted by molar-refractivity contribution is 14.0. The Bertz CT molecular complexity index is 689. The monoisotopic (exact) mass is 456 g/mol. The Morgan fingerprint density at radius 1 is 1.21 bits per heavy atom. The van der Waals surface area contributed by atoms with Crippen LogP contribution < -0.4 is 10.6 Å². The van der Waals surface area contributed by atoms with E-state index in [4.69, 9.17) is 0 Å². The Balaban J connectivity index is 0.00000288. The molecule has 0 saturated heterocycles. The minimum atomic E-state index is -4.47. The molecule has 2 N–H and O–H groups in total. The molecule has 0 aliphatic rings. The van der Waals surface area contributed by atoms with E-state index in [0.717, 1.165) is 10.2 Å². The molecule has 0 saturated carbocycles. The predicted molar refractivity (Wildman–Crippen MR) is 96.1 cm³/mol. The number of alkyl halides is 3. The number of aliphatic imine (C=N–C) groups is 1. The van der Waals surface area contributed by atoms with Crippen LogP contribution in [-0.4, -0.2) is 27.4 Å². The Morgan fingerprint density at radius 2 is 1.88 bits per heavy atom. The molecule has 0 aliphatic heterocycles. The molecule has 2 aromatic rings. The zero-order valence-corrected chi connectivity index (χ0v) is 15.9. The molecule has 0 amide bonds. The third kappa shape index (κ3) is 5.42. The lowest BCUT2D eigenvalue weighted by Gasteiger charge is -2.12. The van der Waals surface area contributed by atoms with Crippen LogP contribution in [-0.2, 0) is 33.4 Å². The van der Waals surface area contributed by atoms with E-state index in [1.807, 2.05) is 30.1 Å². The van der Waals surface area contributed by atoms with Crippen molar-refractivity contribution in [1.82, 2.24) is 25.0 Å². The van der Waals surface area contributed by atoms with Crippen LogP contribution in [0.2, 0.25) is 0 Å². The van der Waals surface area contributed by atoms with Gasteiger partial charge in [0, 0.05) is 58.4 Å². The lowest BCUT2D eigenvalue weighted by Crippen LogP contribution is -2.36. The van der Waals surface area contributed by atoms with E-state index in [1.54, 1.807) is 7.05 Å². The van der Waals surface area contributed by atoms with Gasteiger partial charge >= 0.3 is 6.18 Å². The molecule has 2 aromatic heterocycles. The second kappa shape index (κ2) is 8.40. The van der Waals surface area contributed by atoms with Gasteiger partial charge in [-0.15, -0.1) is 24.0 Å². The highest BCUT2D eigenvalue weighted by Gasteiger charge is 2.36. The fraction of sp³-hybridized carbons (Fsp3) is 0.429. The van der Waals surface area contributed by atoms with Crippen molar-refractivity contribution < 1.29 is 13.2 Å². The lowest BCUT2D eigenvalue weighted by molar-refractivity contribution is -0.142. The summed E-state index contributed by atoms with van der Waals surface area (Å²) < 4.78 is 41.7. The number of nitrogens with zero attached hydrogens (tertiary/aromatic N) is 4. The first kappa shape index (κ1) is 20.3. The summed E-state index contributed by atoms with van der Waals surface area (Å²) in [6.07, 6.45) is 0.737. The van der Waals surface area contributed by atoms with Crippen molar-refractivity contribution in [3.63, 3.8) is 0 Å². The van der Waals surface area contributed by atoms with E-state index in [-0.39, 0.29) is 36.1 Å². The smallest absolute Gasteiger partial charge is 0.357 e. The average Bonchev–Trinajstić information content (AvgIpc) is 3.04. The van der Waals surface area contributed by atoms with Gasteiger partial charge in [0.15, 0.2) is 11.7 Å². The van der Waals surface area contributed by atoms with Crippen LogP contribution in [0.15, 0.2) is 29.6 Å². The minimum absolute atomic E-state index is 0. The van der Waals surface area contributed by atoms with Gasteiger partial charge in [-0.3, -0.25) is 9.67 Å². The summed E-state index contributed by atoms with van der Waals surface area (Å²) >= 11 is 0. The molecule has 0 bridgehead atoms. The van der Waals surface area contributed by atoms with E-state index in [0.29, 0.717) is 12.5 Å². The van der Waals surface area contributed by atoms with Crippen molar-refractivity contribution in [1.29, 1.82) is 0 Å². The first-order valence-corrected chi connectivity index (χ1v) is 6.94. The van der Waals surface area contributed by atoms with Gasteiger partial charge in [-0.05, 0) is 11.6 Å². The van der Waals surface area contributed by atoms with Gasteiger partial charge in [0.1, 0.15) is 0 Å². The van der Waals surface area contributed by atoms with Crippen molar-refractivity contribution in [2.24, 2.45) is 19.1 Å². The molecule has 0 fully saturated rings. The molecular formula is C14H20F3IN6. The van der Waals surface area contributed by atoms with Crippen LogP contribution in [0.5, 0.6) is 0 Å². The quantitative estimate of drug-likeness (QED) is 0.422. The van der Waals surface area contributed by atoms with Crippen molar-refractivity contribution in [2.75, 3.05) is 7.05 Å². The van der Waals surface area contributed by atoms with Gasteiger partial charge in [0.2, 0.25) is 0 Å².